The van der Waals surface area contributed by atoms with Crippen LogP contribution >= 0.6 is 0 Å². The van der Waals surface area contributed by atoms with E-state index in [4.69, 9.17) is 0 Å². The van der Waals surface area contributed by atoms with Crippen LogP contribution in [0.25, 0.3) is 22.3 Å². The third-order valence-electron chi connectivity index (χ3n) is 6.62. The van der Waals surface area contributed by atoms with Gasteiger partial charge in [0.25, 0.3) is 5.56 Å². The van der Waals surface area contributed by atoms with Gasteiger partial charge in [-0.1, -0.05) is 26.0 Å². The highest BCUT2D eigenvalue weighted by atomic mass is 16.1. The molecule has 164 valence electrons. The summed E-state index contributed by atoms with van der Waals surface area (Å²) in [4.78, 5) is 20.2. The fraction of sp³-hybridized carbons (Fsp3) is 0.346. The molecule has 0 amide bonds. The smallest absolute Gasteiger partial charge is 0.282 e. The molecular weight excluding hydrogens is 398 g/mol. The molecule has 5 rings (SSSR count). The number of hydrogen-bond donors (Lipinski definition) is 0. The molecule has 3 aromatic heterocycles. The Morgan fingerprint density at radius 2 is 1.81 bits per heavy atom. The van der Waals surface area contributed by atoms with Gasteiger partial charge in [0, 0.05) is 47.4 Å². The summed E-state index contributed by atoms with van der Waals surface area (Å²) < 4.78 is 3.56. The van der Waals surface area contributed by atoms with E-state index < -0.39 is 0 Å². The number of nitrogens with zero attached hydrogens (tertiary/aromatic N) is 5. The molecule has 0 atom stereocenters. The van der Waals surface area contributed by atoms with Gasteiger partial charge in [-0.25, -0.2) is 4.98 Å². The van der Waals surface area contributed by atoms with Crippen molar-refractivity contribution in [3.8, 4) is 11.5 Å². The van der Waals surface area contributed by atoms with Crippen LogP contribution in [-0.2, 0) is 0 Å². The summed E-state index contributed by atoms with van der Waals surface area (Å²) in [6.07, 6.45) is 5.92. The lowest BCUT2D eigenvalue weighted by Gasteiger charge is -2.39. The predicted octanol–water partition coefficient (Wildman–Crippen LogP) is 4.81. The lowest BCUT2D eigenvalue weighted by molar-refractivity contribution is 0.293. The number of anilines is 1. The maximum absolute atomic E-state index is 13.4. The largest absolute Gasteiger partial charge is 0.371 e. The molecule has 0 aliphatic carbocycles. The second-order valence-electron chi connectivity index (χ2n) is 9.55. The van der Waals surface area contributed by atoms with Gasteiger partial charge in [0.15, 0.2) is 5.82 Å². The molecule has 4 aromatic rings. The van der Waals surface area contributed by atoms with Gasteiger partial charge in [-0.05, 0) is 62.4 Å². The van der Waals surface area contributed by atoms with E-state index in [9.17, 15) is 4.79 Å². The maximum atomic E-state index is 13.4. The molecule has 1 saturated heterocycles. The van der Waals surface area contributed by atoms with Crippen molar-refractivity contribution in [3.63, 3.8) is 0 Å². The fourth-order valence-corrected chi connectivity index (χ4v) is 5.06. The highest BCUT2D eigenvalue weighted by Crippen LogP contribution is 2.33. The first-order valence-electron chi connectivity index (χ1n) is 11.2. The van der Waals surface area contributed by atoms with Crippen molar-refractivity contribution in [3.05, 3.63) is 76.6 Å². The Labute approximate surface area is 188 Å². The molecule has 6 nitrogen and oxygen atoms in total. The van der Waals surface area contributed by atoms with Crippen molar-refractivity contribution in [1.29, 1.82) is 0 Å². The Kier molecular flexibility index (Phi) is 4.88. The Hall–Kier alpha value is -3.41. The minimum absolute atomic E-state index is 0.144. The van der Waals surface area contributed by atoms with E-state index in [1.54, 1.807) is 18.5 Å². The minimum Gasteiger partial charge on any atom is -0.371 e. The Bertz CT molecular complexity index is 1350. The third-order valence-corrected chi connectivity index (χ3v) is 6.62. The summed E-state index contributed by atoms with van der Waals surface area (Å²) in [5, 5.41) is 5.98. The zero-order valence-electron chi connectivity index (χ0n) is 19.2. The lowest BCUT2D eigenvalue weighted by atomic mass is 9.84. The highest BCUT2D eigenvalue weighted by Gasteiger charge is 2.27. The molecule has 1 fully saturated rings. The average molecular weight is 428 g/mol. The van der Waals surface area contributed by atoms with Crippen LogP contribution in [0.15, 0.2) is 59.7 Å². The Balaban J connectivity index is 1.63. The van der Waals surface area contributed by atoms with Gasteiger partial charge in [-0.2, -0.15) is 9.78 Å². The fourth-order valence-electron chi connectivity index (χ4n) is 5.06. The van der Waals surface area contributed by atoms with E-state index in [1.807, 2.05) is 19.1 Å². The first-order chi connectivity index (χ1) is 15.4. The highest BCUT2D eigenvalue weighted by molar-refractivity contribution is 5.88. The van der Waals surface area contributed by atoms with Crippen LogP contribution in [0.3, 0.4) is 0 Å². The van der Waals surface area contributed by atoms with Gasteiger partial charge in [0.1, 0.15) is 0 Å². The molecule has 4 heterocycles. The number of fused-ring (bicyclic) bond motifs is 1. The molecule has 0 spiro atoms. The number of aromatic nitrogens is 4. The summed E-state index contributed by atoms with van der Waals surface area (Å²) >= 11 is 0. The molecule has 1 aromatic carbocycles. The molecule has 32 heavy (non-hydrogen) atoms. The van der Waals surface area contributed by atoms with Gasteiger partial charge >= 0.3 is 0 Å². The summed E-state index contributed by atoms with van der Waals surface area (Å²) in [6.45, 7) is 10.9. The van der Waals surface area contributed by atoms with Crippen LogP contribution in [0.2, 0.25) is 0 Å². The van der Waals surface area contributed by atoms with Crippen molar-refractivity contribution < 1.29 is 0 Å². The van der Waals surface area contributed by atoms with Crippen LogP contribution in [0.4, 0.5) is 5.69 Å². The molecule has 1 aliphatic rings. The van der Waals surface area contributed by atoms with E-state index in [0.717, 1.165) is 35.6 Å². The van der Waals surface area contributed by atoms with Crippen molar-refractivity contribution >= 4 is 16.5 Å². The standard InChI is InChI=1S/C26H29N5O/c1-18-22-16-28-31(23-11-5-6-13-27-23)25(32)24(22)19(2)30(18)21-10-7-9-20(15-21)29-14-8-12-26(3,4)17-29/h5-7,9-11,13,15-16H,8,12,14,17H2,1-4H3. The molecular formula is C26H29N5O. The molecule has 6 heteroatoms. The summed E-state index contributed by atoms with van der Waals surface area (Å²) in [7, 11) is 0. The predicted molar refractivity (Wildman–Crippen MR) is 129 cm³/mol. The molecule has 0 bridgehead atoms. The van der Waals surface area contributed by atoms with Gasteiger partial charge < -0.3 is 9.47 Å². The van der Waals surface area contributed by atoms with Crippen molar-refractivity contribution in [2.75, 3.05) is 18.0 Å². The van der Waals surface area contributed by atoms with Gasteiger partial charge in [-0.3, -0.25) is 4.79 Å². The van der Waals surface area contributed by atoms with E-state index in [2.05, 4.69) is 64.6 Å². The molecule has 0 N–H and O–H groups in total. The third kappa shape index (κ3) is 3.40. The first-order valence-corrected chi connectivity index (χ1v) is 11.2. The average Bonchev–Trinajstić information content (AvgIpc) is 3.04. The van der Waals surface area contributed by atoms with Crippen molar-refractivity contribution in [2.24, 2.45) is 5.41 Å². The monoisotopic (exact) mass is 427 g/mol. The summed E-state index contributed by atoms with van der Waals surface area (Å²) in [6, 6.07) is 14.1. The van der Waals surface area contributed by atoms with Gasteiger partial charge in [0.05, 0.1) is 11.6 Å². The second-order valence-corrected chi connectivity index (χ2v) is 9.55. The molecule has 0 saturated carbocycles. The van der Waals surface area contributed by atoms with Crippen molar-refractivity contribution in [2.45, 2.75) is 40.5 Å². The van der Waals surface area contributed by atoms with Crippen LogP contribution in [0.5, 0.6) is 0 Å². The van der Waals surface area contributed by atoms with Crippen LogP contribution in [0, 0.1) is 19.3 Å². The number of pyridine rings is 1. The van der Waals surface area contributed by atoms with Gasteiger partial charge in [0.2, 0.25) is 0 Å². The van der Waals surface area contributed by atoms with E-state index in [0.29, 0.717) is 16.6 Å². The zero-order valence-corrected chi connectivity index (χ0v) is 19.2. The van der Waals surface area contributed by atoms with Crippen molar-refractivity contribution in [1.82, 2.24) is 19.3 Å². The van der Waals surface area contributed by atoms with Crippen LogP contribution in [0.1, 0.15) is 38.1 Å². The molecule has 0 radical (unpaired) electrons. The van der Waals surface area contributed by atoms with E-state index >= 15 is 0 Å². The maximum Gasteiger partial charge on any atom is 0.282 e. The van der Waals surface area contributed by atoms with Crippen LogP contribution < -0.4 is 10.5 Å². The van der Waals surface area contributed by atoms with E-state index in [1.165, 1.54) is 23.2 Å². The Morgan fingerprint density at radius 3 is 2.56 bits per heavy atom. The number of piperidine rings is 1. The SMILES string of the molecule is Cc1c2cnn(-c3ccccn3)c(=O)c2c(C)n1-c1cccc(N2CCCC(C)(C)C2)c1. The zero-order chi connectivity index (χ0) is 22.5. The summed E-state index contributed by atoms with van der Waals surface area (Å²) in [5.74, 6) is 0.527. The first kappa shape index (κ1) is 20.5. The quantitative estimate of drug-likeness (QED) is 0.471. The second kappa shape index (κ2) is 7.62. The number of rotatable bonds is 3. The number of benzene rings is 1. The number of hydrogen-bond acceptors (Lipinski definition) is 4. The normalized spacial score (nSPS) is 15.9. The Morgan fingerprint density at radius 1 is 1.00 bits per heavy atom. The van der Waals surface area contributed by atoms with E-state index in [-0.39, 0.29) is 5.56 Å². The lowest BCUT2D eigenvalue weighted by Crippen LogP contribution is -2.40. The number of aryl methyl sites for hydroxylation is 2. The van der Waals surface area contributed by atoms with Gasteiger partial charge in [-0.15, -0.1) is 0 Å². The molecule has 0 unspecified atom stereocenters. The minimum atomic E-state index is -0.144. The topological polar surface area (TPSA) is 56.0 Å². The summed E-state index contributed by atoms with van der Waals surface area (Å²) in [5.41, 5.74) is 4.42. The molecule has 1 aliphatic heterocycles. The van der Waals surface area contributed by atoms with Crippen LogP contribution in [-0.4, -0.2) is 32.4 Å².